The van der Waals surface area contributed by atoms with E-state index in [4.69, 9.17) is 0 Å². The van der Waals surface area contributed by atoms with Gasteiger partial charge in [-0.2, -0.15) is 18.3 Å². The van der Waals surface area contributed by atoms with Gasteiger partial charge in [-0.1, -0.05) is 12.1 Å². The number of nitrogens with zero attached hydrogens (tertiary/aromatic N) is 3. The Kier molecular flexibility index (Phi) is 7.21. The molecule has 0 spiro atoms. The fourth-order valence-electron chi connectivity index (χ4n) is 2.66. The second kappa shape index (κ2) is 10.1. The highest BCUT2D eigenvalue weighted by molar-refractivity contribution is 6.04. The van der Waals surface area contributed by atoms with Gasteiger partial charge in [-0.05, 0) is 48.9 Å². The molecule has 0 saturated heterocycles. The van der Waals surface area contributed by atoms with E-state index in [0.29, 0.717) is 22.5 Å². The van der Waals surface area contributed by atoms with E-state index in [2.05, 4.69) is 25.5 Å². The third-order valence-corrected chi connectivity index (χ3v) is 4.37. The maximum atomic E-state index is 12.4. The van der Waals surface area contributed by atoms with Crippen LogP contribution in [-0.2, 0) is 16.1 Å². The molecule has 1 heterocycles. The highest BCUT2D eigenvalue weighted by Crippen LogP contribution is 2.18. The number of hydrogen-bond donors (Lipinski definition) is 2. The fraction of sp³-hybridized carbons (Fsp3) is 0.238. The summed E-state index contributed by atoms with van der Waals surface area (Å²) in [5.74, 6) is -0.657. The first-order chi connectivity index (χ1) is 15.2. The average Bonchev–Trinajstić information content (AvgIpc) is 3.29. The topological polar surface area (TPSA) is 98.1 Å². The monoisotopic (exact) mass is 447 g/mol. The second-order valence-corrected chi connectivity index (χ2v) is 6.88. The first kappa shape index (κ1) is 22.9. The highest BCUT2D eigenvalue weighted by Gasteiger charge is 2.27. The molecule has 0 bridgehead atoms. The molecule has 0 aliphatic rings. The summed E-state index contributed by atoms with van der Waals surface area (Å²) in [6.07, 6.45) is -1.59. The molecule has 8 nitrogen and oxygen atoms in total. The molecule has 2 amide bonds. The minimum Gasteiger partial charge on any atom is -0.367 e. The zero-order valence-corrected chi connectivity index (χ0v) is 17.0. The SMILES string of the molecule is CC(C(=O)Nc1ccc(NC(=O)c2ccc(COCC(F)(F)F)cc2)cc1)n1cncn1. The number of hydrogen-bond acceptors (Lipinski definition) is 5. The van der Waals surface area contributed by atoms with Gasteiger partial charge in [-0.25, -0.2) is 9.67 Å². The van der Waals surface area contributed by atoms with Gasteiger partial charge in [0.2, 0.25) is 5.91 Å². The number of halogens is 3. The largest absolute Gasteiger partial charge is 0.411 e. The molecule has 32 heavy (non-hydrogen) atoms. The molecule has 3 rings (SSSR count). The van der Waals surface area contributed by atoms with Crippen molar-refractivity contribution in [3.63, 3.8) is 0 Å². The summed E-state index contributed by atoms with van der Waals surface area (Å²) >= 11 is 0. The lowest BCUT2D eigenvalue weighted by Crippen LogP contribution is -2.24. The van der Waals surface area contributed by atoms with Crippen LogP contribution in [0.3, 0.4) is 0 Å². The lowest BCUT2D eigenvalue weighted by atomic mass is 10.1. The minimum absolute atomic E-state index is 0.204. The number of aromatic nitrogens is 3. The molecular formula is C21H20F3N5O3. The molecule has 1 atom stereocenters. The van der Waals surface area contributed by atoms with Crippen LogP contribution in [-0.4, -0.2) is 39.4 Å². The maximum Gasteiger partial charge on any atom is 0.411 e. The van der Waals surface area contributed by atoms with Crippen molar-refractivity contribution in [2.24, 2.45) is 0 Å². The van der Waals surface area contributed by atoms with Crippen LogP contribution in [0.25, 0.3) is 0 Å². The van der Waals surface area contributed by atoms with E-state index in [9.17, 15) is 22.8 Å². The number of rotatable bonds is 8. The Labute approximate surface area is 181 Å². The van der Waals surface area contributed by atoms with Crippen molar-refractivity contribution in [3.05, 3.63) is 72.3 Å². The van der Waals surface area contributed by atoms with Gasteiger partial charge in [0.25, 0.3) is 5.91 Å². The molecule has 2 N–H and O–H groups in total. The fourth-order valence-corrected chi connectivity index (χ4v) is 2.66. The highest BCUT2D eigenvalue weighted by atomic mass is 19.4. The molecular weight excluding hydrogens is 427 g/mol. The standard InChI is InChI=1S/C21H20F3N5O3/c1-14(29-13-25-12-26-29)19(30)27-17-6-8-18(9-7-17)28-20(31)16-4-2-15(3-5-16)10-32-11-21(22,23)24/h2-9,12-14H,10-11H2,1H3,(H,27,30)(H,28,31). The summed E-state index contributed by atoms with van der Waals surface area (Å²) in [5.41, 5.74) is 1.91. The van der Waals surface area contributed by atoms with Crippen molar-refractivity contribution in [1.82, 2.24) is 14.8 Å². The zero-order chi connectivity index (χ0) is 23.1. The second-order valence-electron chi connectivity index (χ2n) is 6.88. The molecule has 0 radical (unpaired) electrons. The Morgan fingerprint density at radius 2 is 1.66 bits per heavy atom. The molecule has 0 aliphatic carbocycles. The molecule has 3 aromatic rings. The number of ether oxygens (including phenoxy) is 1. The van der Waals surface area contributed by atoms with Crippen LogP contribution >= 0.6 is 0 Å². The van der Waals surface area contributed by atoms with Crippen LogP contribution in [0.1, 0.15) is 28.9 Å². The van der Waals surface area contributed by atoms with Crippen LogP contribution in [0.4, 0.5) is 24.5 Å². The molecule has 11 heteroatoms. The van der Waals surface area contributed by atoms with E-state index in [1.54, 1.807) is 31.2 Å². The molecule has 2 aromatic carbocycles. The van der Waals surface area contributed by atoms with Gasteiger partial charge in [0.05, 0.1) is 6.61 Å². The van der Waals surface area contributed by atoms with Crippen molar-refractivity contribution in [1.29, 1.82) is 0 Å². The van der Waals surface area contributed by atoms with Crippen molar-refractivity contribution in [2.75, 3.05) is 17.2 Å². The van der Waals surface area contributed by atoms with Gasteiger partial charge >= 0.3 is 6.18 Å². The first-order valence-electron chi connectivity index (χ1n) is 9.51. The molecule has 1 aromatic heterocycles. The summed E-state index contributed by atoms with van der Waals surface area (Å²) in [6.45, 7) is 0.154. The van der Waals surface area contributed by atoms with Gasteiger partial charge < -0.3 is 15.4 Å². The van der Waals surface area contributed by atoms with Gasteiger partial charge in [-0.3, -0.25) is 9.59 Å². The predicted octanol–water partition coefficient (Wildman–Crippen LogP) is 3.81. The van der Waals surface area contributed by atoms with E-state index in [-0.39, 0.29) is 18.4 Å². The van der Waals surface area contributed by atoms with Gasteiger partial charge in [-0.15, -0.1) is 0 Å². The molecule has 0 saturated carbocycles. The van der Waals surface area contributed by atoms with E-state index >= 15 is 0 Å². The number of anilines is 2. The quantitative estimate of drug-likeness (QED) is 0.547. The van der Waals surface area contributed by atoms with Crippen LogP contribution in [0.2, 0.25) is 0 Å². The summed E-state index contributed by atoms with van der Waals surface area (Å²) < 4.78 is 42.4. The Hall–Kier alpha value is -3.73. The van der Waals surface area contributed by atoms with Crippen molar-refractivity contribution < 1.29 is 27.5 Å². The third kappa shape index (κ3) is 6.64. The van der Waals surface area contributed by atoms with Crippen molar-refractivity contribution in [2.45, 2.75) is 25.7 Å². The number of alkyl halides is 3. The van der Waals surface area contributed by atoms with Crippen LogP contribution in [0, 0.1) is 0 Å². The number of carbonyl (C=O) groups excluding carboxylic acids is 2. The average molecular weight is 447 g/mol. The Morgan fingerprint density at radius 3 is 2.22 bits per heavy atom. The Morgan fingerprint density at radius 1 is 1.03 bits per heavy atom. The van der Waals surface area contributed by atoms with Gasteiger partial charge in [0.15, 0.2) is 0 Å². The zero-order valence-electron chi connectivity index (χ0n) is 17.0. The van der Waals surface area contributed by atoms with Crippen molar-refractivity contribution in [3.8, 4) is 0 Å². The van der Waals surface area contributed by atoms with E-state index in [1.165, 1.54) is 41.6 Å². The summed E-state index contributed by atoms with van der Waals surface area (Å²) in [7, 11) is 0. The smallest absolute Gasteiger partial charge is 0.367 e. The lowest BCUT2D eigenvalue weighted by molar-refractivity contribution is -0.176. The molecule has 0 aliphatic heterocycles. The normalized spacial score (nSPS) is 12.2. The van der Waals surface area contributed by atoms with E-state index < -0.39 is 18.8 Å². The number of benzene rings is 2. The number of nitrogens with one attached hydrogen (secondary N) is 2. The van der Waals surface area contributed by atoms with E-state index in [1.807, 2.05) is 0 Å². The third-order valence-electron chi connectivity index (χ3n) is 4.37. The lowest BCUT2D eigenvalue weighted by Gasteiger charge is -2.12. The Balaban J connectivity index is 1.51. The maximum absolute atomic E-state index is 12.4. The number of amides is 2. The van der Waals surface area contributed by atoms with Gasteiger partial charge in [0, 0.05) is 16.9 Å². The van der Waals surface area contributed by atoms with Gasteiger partial charge in [0.1, 0.15) is 25.3 Å². The molecule has 1 unspecified atom stereocenters. The van der Waals surface area contributed by atoms with Crippen LogP contribution in [0.5, 0.6) is 0 Å². The summed E-state index contributed by atoms with van der Waals surface area (Å²) in [5, 5.41) is 9.39. The van der Waals surface area contributed by atoms with Crippen LogP contribution in [0.15, 0.2) is 61.2 Å². The predicted molar refractivity (Wildman–Crippen MR) is 110 cm³/mol. The van der Waals surface area contributed by atoms with E-state index in [0.717, 1.165) is 0 Å². The Bertz CT molecular complexity index is 1040. The first-order valence-corrected chi connectivity index (χ1v) is 9.51. The summed E-state index contributed by atoms with van der Waals surface area (Å²) in [4.78, 5) is 28.5. The number of carbonyl (C=O) groups is 2. The van der Waals surface area contributed by atoms with Crippen LogP contribution < -0.4 is 10.6 Å². The molecule has 168 valence electrons. The van der Waals surface area contributed by atoms with Crippen molar-refractivity contribution >= 4 is 23.2 Å². The summed E-state index contributed by atoms with van der Waals surface area (Å²) in [6, 6.07) is 12.1. The molecule has 0 fully saturated rings. The minimum atomic E-state index is -4.38.